The number of hydrogen-bond acceptors (Lipinski definition) is 4. The second-order valence-electron chi connectivity index (χ2n) is 0. The average Bonchev–Trinajstić information content (AvgIpc) is 2.03. The topological polar surface area (TPSA) is 80.9 Å². The van der Waals surface area contributed by atoms with Crippen molar-refractivity contribution in [2.45, 2.75) is 0 Å². The molecule has 0 aromatic rings. The largest absolute Gasteiger partial charge is 0.295 e. The van der Waals surface area contributed by atoms with Crippen LogP contribution >= 0.6 is 47.5 Å². The Kier molecular flexibility index (Phi) is 1490. The Morgan fingerprint density at radius 2 is 0.444 bits per heavy atom. The Morgan fingerprint density at radius 3 is 0.444 bits per heavy atom. The summed E-state index contributed by atoms with van der Waals surface area (Å²) in [5.74, 6) is 0. The van der Waals surface area contributed by atoms with Gasteiger partial charge < -0.3 is 0 Å². The maximum absolute atomic E-state index is 6.47. The first-order chi connectivity index (χ1) is 4.00. The smallest absolute Gasteiger partial charge is 0.0579 e. The van der Waals surface area contributed by atoms with Crippen molar-refractivity contribution >= 4 is 58.4 Å². The molecule has 0 aliphatic heterocycles. The van der Waals surface area contributed by atoms with Gasteiger partial charge in [-0.3, -0.25) is 18.6 Å². The lowest BCUT2D eigenvalue weighted by Gasteiger charge is -1.13. The van der Waals surface area contributed by atoms with Crippen molar-refractivity contribution < 1.29 is 18.6 Å². The summed E-state index contributed by atoms with van der Waals surface area (Å²) >= 11 is 14.6. The molecule has 0 spiro atoms. The highest BCUT2D eigenvalue weighted by molar-refractivity contribution is 6.05. The van der Waals surface area contributed by atoms with Crippen LogP contribution < -0.4 is 0 Å². The Balaban J connectivity index is -0.00000000762. The minimum absolute atomic E-state index is 0. The van der Waals surface area contributed by atoms with E-state index in [9.17, 15) is 0 Å². The predicted octanol–water partition coefficient (Wildman–Crippen LogP) is -0.922. The maximum atomic E-state index is 6.47. The normalized spacial score (nSPS) is 2.67. The molecule has 0 unspecified atom stereocenters. The lowest BCUT2D eigenvalue weighted by molar-refractivity contribution is 0.632. The van der Waals surface area contributed by atoms with Crippen molar-refractivity contribution in [2.24, 2.45) is 0 Å². The predicted molar refractivity (Wildman–Crippen MR) is 43.6 cm³/mol. The first-order valence-electron chi connectivity index (χ1n) is 0.676. The van der Waals surface area contributed by atoms with Gasteiger partial charge in [0.05, 0.1) is 47.5 Å². The second kappa shape index (κ2) is 420. The van der Waals surface area contributed by atoms with Crippen molar-refractivity contribution in [1.82, 2.24) is 0 Å². The third kappa shape index (κ3) is 324. The molecule has 4 N–H and O–H groups in total. The van der Waals surface area contributed by atoms with E-state index in [4.69, 9.17) is 18.6 Å². The lowest BCUT2D eigenvalue weighted by Crippen LogP contribution is -0.913. The van der Waals surface area contributed by atoms with Gasteiger partial charge in [0.1, 0.15) is 0 Å². The van der Waals surface area contributed by atoms with Gasteiger partial charge in [-0.15, -0.1) is 0 Å². The van der Waals surface area contributed by atoms with Crippen LogP contribution in [0.5, 0.6) is 0 Å². The van der Waals surface area contributed by atoms with Crippen molar-refractivity contribution in [2.75, 3.05) is 0 Å². The molecule has 0 amide bonds. The fourth-order valence-corrected chi connectivity index (χ4v) is 0. The van der Waals surface area contributed by atoms with Gasteiger partial charge in [0, 0.05) is 0 Å². The van der Waals surface area contributed by atoms with Gasteiger partial charge in [-0.05, 0) is 11.0 Å². The molecule has 0 aliphatic rings. The number of halogens is 4. The molecule has 9 heavy (non-hydrogen) atoms. The molecule has 0 aliphatic carbocycles. The Hall–Kier alpha value is 1.22. The summed E-state index contributed by atoms with van der Waals surface area (Å²) in [5, 5.41) is 0. The Morgan fingerprint density at radius 1 is 0.444 bits per heavy atom. The summed E-state index contributed by atoms with van der Waals surface area (Å²) in [6.45, 7) is 0. The number of rotatable bonds is 0. The van der Waals surface area contributed by atoms with E-state index in [-0.39, 0.29) is 11.0 Å². The highest BCUT2D eigenvalue weighted by atomic mass is 35.5. The molecule has 0 aromatic carbocycles. The van der Waals surface area contributed by atoms with Crippen LogP contribution in [0.3, 0.4) is 0 Å². The van der Waals surface area contributed by atoms with Crippen molar-refractivity contribution in [3.63, 3.8) is 0 Å². The van der Waals surface area contributed by atoms with Crippen LogP contribution in [0.25, 0.3) is 0 Å². The minimum Gasteiger partial charge on any atom is -0.295 e. The molecule has 0 rings (SSSR count). The fraction of sp³-hybridized carbons (Fsp3) is 0. The summed E-state index contributed by atoms with van der Waals surface area (Å²) in [5.41, 5.74) is 0. The quantitative estimate of drug-likeness (QED) is 0.414. The SMILES string of the molecule is OCl.OCl.OCl.OCl.[SiH4]. The molecule has 0 atom stereocenters. The van der Waals surface area contributed by atoms with Gasteiger partial charge in [-0.25, -0.2) is 0 Å². The van der Waals surface area contributed by atoms with Gasteiger partial charge in [-0.2, -0.15) is 0 Å². The lowest BCUT2D eigenvalue weighted by atomic mass is 15.9. The van der Waals surface area contributed by atoms with Crippen LogP contribution in [-0.4, -0.2) is 29.6 Å². The molecule has 9 heteroatoms. The molecule has 0 saturated carbocycles. The minimum atomic E-state index is 0. The third-order valence-corrected chi connectivity index (χ3v) is 0. The molecular formula is H8Cl4O4Si. The zero-order chi connectivity index (χ0) is 8.00. The first kappa shape index (κ1) is 31.9. The van der Waals surface area contributed by atoms with Gasteiger partial charge in [0.25, 0.3) is 0 Å². The van der Waals surface area contributed by atoms with E-state index < -0.39 is 0 Å². The van der Waals surface area contributed by atoms with E-state index in [2.05, 4.69) is 47.5 Å². The van der Waals surface area contributed by atoms with Crippen molar-refractivity contribution in [1.29, 1.82) is 0 Å². The summed E-state index contributed by atoms with van der Waals surface area (Å²) in [7, 11) is 0. The highest BCUT2D eigenvalue weighted by Gasteiger charge is 0.903. The van der Waals surface area contributed by atoms with Crippen LogP contribution in [0.2, 0.25) is 0 Å². The van der Waals surface area contributed by atoms with Crippen LogP contribution in [0.15, 0.2) is 0 Å². The molecule has 0 fully saturated rings. The monoisotopic (exact) mass is 240 g/mol. The van der Waals surface area contributed by atoms with E-state index in [0.29, 0.717) is 0 Å². The van der Waals surface area contributed by atoms with E-state index in [1.54, 1.807) is 0 Å². The Bertz CT molecular complexity index is 12.5. The average molecular weight is 242 g/mol. The molecule has 0 bridgehead atoms. The van der Waals surface area contributed by atoms with Crippen LogP contribution in [0.1, 0.15) is 0 Å². The molecule has 0 heterocycles. The molecular weight excluding hydrogens is 234 g/mol. The summed E-state index contributed by atoms with van der Waals surface area (Å²) in [6, 6.07) is 0. The maximum Gasteiger partial charge on any atom is 0.0579 e. The van der Waals surface area contributed by atoms with Gasteiger partial charge in [0.15, 0.2) is 0 Å². The zero-order valence-electron chi connectivity index (χ0n) is 3.30. The second-order valence-corrected chi connectivity index (χ2v) is 0. The standard InChI is InChI=1S/4ClHO.H4Si/c4*1-2;/h4*2H;1H4. The highest BCUT2D eigenvalue weighted by Crippen LogP contribution is 1.32. The molecule has 0 radical (unpaired) electrons. The first-order valence-corrected chi connectivity index (χ1v) is 2.03. The van der Waals surface area contributed by atoms with E-state index >= 15 is 0 Å². The van der Waals surface area contributed by atoms with Crippen LogP contribution in [-0.2, 0) is 0 Å². The van der Waals surface area contributed by atoms with Gasteiger partial charge >= 0.3 is 0 Å². The van der Waals surface area contributed by atoms with Crippen LogP contribution in [0, 0.1) is 0 Å². The van der Waals surface area contributed by atoms with E-state index in [0.717, 1.165) is 0 Å². The van der Waals surface area contributed by atoms with Crippen molar-refractivity contribution in [3.8, 4) is 0 Å². The van der Waals surface area contributed by atoms with Gasteiger partial charge in [0.2, 0.25) is 0 Å². The summed E-state index contributed by atoms with van der Waals surface area (Å²) < 4.78 is 25.9. The summed E-state index contributed by atoms with van der Waals surface area (Å²) in [4.78, 5) is 0. The fourth-order valence-electron chi connectivity index (χ4n) is 0. The molecule has 4 nitrogen and oxygen atoms in total. The van der Waals surface area contributed by atoms with Gasteiger partial charge in [-0.1, -0.05) is 0 Å². The Labute approximate surface area is 77.2 Å². The summed E-state index contributed by atoms with van der Waals surface area (Å²) in [6.07, 6.45) is 0. The molecule has 64 valence electrons. The van der Waals surface area contributed by atoms with E-state index in [1.165, 1.54) is 0 Å². The van der Waals surface area contributed by atoms with Crippen LogP contribution in [0.4, 0.5) is 0 Å². The number of hydrogen-bond donors (Lipinski definition) is 4. The third-order valence-electron chi connectivity index (χ3n) is 0. The molecule has 0 saturated heterocycles. The molecule has 0 aromatic heterocycles. The van der Waals surface area contributed by atoms with E-state index in [1.807, 2.05) is 0 Å². The van der Waals surface area contributed by atoms with Crippen molar-refractivity contribution in [3.05, 3.63) is 0 Å². The zero-order valence-corrected chi connectivity index (χ0v) is 6.32.